The molecule has 8 heteroatoms. The third-order valence-electron chi connectivity index (χ3n) is 4.64. The minimum Gasteiger partial charge on any atom is -0.545 e. The van der Waals surface area contributed by atoms with E-state index in [0.717, 1.165) is 0 Å². The second-order valence-electron chi connectivity index (χ2n) is 6.75. The van der Waals surface area contributed by atoms with Gasteiger partial charge in [0.15, 0.2) is 11.3 Å². The fourth-order valence-corrected chi connectivity index (χ4v) is 3.18. The molecule has 0 radical (unpaired) electrons. The van der Waals surface area contributed by atoms with Gasteiger partial charge < -0.3 is 24.4 Å². The van der Waals surface area contributed by atoms with E-state index in [1.165, 1.54) is 31.4 Å². The summed E-state index contributed by atoms with van der Waals surface area (Å²) in [5.41, 5.74) is 1.60. The summed E-state index contributed by atoms with van der Waals surface area (Å²) in [6.07, 6.45) is 0. The number of methoxy groups -OCH3 is 1. The highest BCUT2D eigenvalue weighted by Crippen LogP contribution is 2.25. The number of nitrogens with zero attached hydrogens (tertiary/aromatic N) is 1. The lowest BCUT2D eigenvalue weighted by Crippen LogP contribution is -2.22. The van der Waals surface area contributed by atoms with Crippen LogP contribution in [0.15, 0.2) is 82.2 Å². The first kappa shape index (κ1) is 21.1. The number of rotatable bonds is 5. The SMILES string of the molecule is COc1cccc2cc(C(=O)Nc3ccc(Cl)cc3)c(=Nc3ccc(C(=O)[O-])cc3)oc12. The van der Waals surface area contributed by atoms with Gasteiger partial charge in [-0.25, -0.2) is 4.99 Å². The lowest BCUT2D eigenvalue weighted by molar-refractivity contribution is -0.255. The number of carbonyl (C=O) groups is 2. The molecule has 0 spiro atoms. The van der Waals surface area contributed by atoms with Gasteiger partial charge in [-0.15, -0.1) is 0 Å². The number of anilines is 1. The molecule has 0 aliphatic heterocycles. The molecule has 1 heterocycles. The molecule has 1 amide bonds. The highest BCUT2D eigenvalue weighted by atomic mass is 35.5. The maximum absolute atomic E-state index is 13.1. The van der Waals surface area contributed by atoms with Crippen molar-refractivity contribution in [1.29, 1.82) is 0 Å². The monoisotopic (exact) mass is 447 g/mol. The molecule has 1 N–H and O–H groups in total. The minimum atomic E-state index is -1.29. The summed E-state index contributed by atoms with van der Waals surface area (Å²) in [5.74, 6) is -1.25. The smallest absolute Gasteiger partial charge is 0.261 e. The van der Waals surface area contributed by atoms with Crippen molar-refractivity contribution in [1.82, 2.24) is 0 Å². The number of carboxylic acid groups (broad SMARTS) is 1. The van der Waals surface area contributed by atoms with E-state index in [0.29, 0.717) is 33.1 Å². The summed E-state index contributed by atoms with van der Waals surface area (Å²) in [6.45, 7) is 0. The Bertz CT molecular complexity index is 1380. The lowest BCUT2D eigenvalue weighted by atomic mass is 10.1. The minimum absolute atomic E-state index is 0.0155. The molecule has 0 unspecified atom stereocenters. The van der Waals surface area contributed by atoms with Crippen LogP contribution in [0, 0.1) is 0 Å². The molecule has 0 saturated heterocycles. The van der Waals surface area contributed by atoms with Gasteiger partial charge >= 0.3 is 0 Å². The van der Waals surface area contributed by atoms with Crippen LogP contribution in [0.2, 0.25) is 5.02 Å². The molecular formula is C24H16ClN2O5-. The fourth-order valence-electron chi connectivity index (χ4n) is 3.05. The molecule has 160 valence electrons. The number of ether oxygens (including phenoxy) is 1. The van der Waals surface area contributed by atoms with Gasteiger partial charge in [0.25, 0.3) is 5.91 Å². The molecule has 0 aliphatic carbocycles. The van der Waals surface area contributed by atoms with E-state index in [4.69, 9.17) is 20.8 Å². The first-order chi connectivity index (χ1) is 15.4. The summed E-state index contributed by atoms with van der Waals surface area (Å²) in [6, 6.07) is 19.4. The van der Waals surface area contributed by atoms with Crippen LogP contribution in [-0.4, -0.2) is 19.0 Å². The zero-order chi connectivity index (χ0) is 22.7. The number of amides is 1. The molecular weight excluding hydrogens is 432 g/mol. The van der Waals surface area contributed by atoms with E-state index in [1.807, 2.05) is 0 Å². The van der Waals surface area contributed by atoms with Crippen molar-refractivity contribution in [2.75, 3.05) is 12.4 Å². The molecule has 0 aliphatic rings. The molecule has 3 aromatic carbocycles. The second kappa shape index (κ2) is 8.95. The van der Waals surface area contributed by atoms with Gasteiger partial charge in [0.05, 0.1) is 18.8 Å². The molecule has 0 atom stereocenters. The van der Waals surface area contributed by atoms with Crippen LogP contribution in [-0.2, 0) is 0 Å². The average Bonchev–Trinajstić information content (AvgIpc) is 2.80. The van der Waals surface area contributed by atoms with Gasteiger partial charge in [0, 0.05) is 16.1 Å². The summed E-state index contributed by atoms with van der Waals surface area (Å²) < 4.78 is 11.3. The molecule has 1 aromatic heterocycles. The number of benzene rings is 3. The Hall–Kier alpha value is -4.10. The van der Waals surface area contributed by atoms with Crippen molar-refractivity contribution < 1.29 is 23.8 Å². The van der Waals surface area contributed by atoms with Crippen LogP contribution >= 0.6 is 11.6 Å². The van der Waals surface area contributed by atoms with Crippen molar-refractivity contribution >= 4 is 45.8 Å². The first-order valence-corrected chi connectivity index (χ1v) is 9.86. The topological polar surface area (TPSA) is 104 Å². The highest BCUT2D eigenvalue weighted by molar-refractivity contribution is 6.30. The van der Waals surface area contributed by atoms with E-state index in [9.17, 15) is 14.7 Å². The lowest BCUT2D eigenvalue weighted by Gasteiger charge is -2.09. The number of fused-ring (bicyclic) bond motifs is 1. The quantitative estimate of drug-likeness (QED) is 0.499. The fraction of sp³-hybridized carbons (Fsp3) is 0.0417. The van der Waals surface area contributed by atoms with E-state index in [2.05, 4.69) is 10.3 Å². The van der Waals surface area contributed by atoms with Gasteiger partial charge in [-0.1, -0.05) is 35.9 Å². The summed E-state index contributed by atoms with van der Waals surface area (Å²) >= 11 is 5.91. The molecule has 4 aromatic rings. The molecule has 4 rings (SSSR count). The predicted molar refractivity (Wildman–Crippen MR) is 118 cm³/mol. The van der Waals surface area contributed by atoms with Gasteiger partial charge in [-0.05, 0) is 54.1 Å². The first-order valence-electron chi connectivity index (χ1n) is 9.48. The molecule has 7 nitrogen and oxygen atoms in total. The van der Waals surface area contributed by atoms with Crippen LogP contribution in [0.25, 0.3) is 11.0 Å². The summed E-state index contributed by atoms with van der Waals surface area (Å²) in [5, 5.41) is 15.0. The Morgan fingerprint density at radius 1 is 1.03 bits per heavy atom. The molecule has 0 bridgehead atoms. The van der Waals surface area contributed by atoms with Crippen LogP contribution in [0.4, 0.5) is 11.4 Å². The Morgan fingerprint density at radius 3 is 2.41 bits per heavy atom. The van der Waals surface area contributed by atoms with Gasteiger partial charge in [-0.2, -0.15) is 0 Å². The number of carbonyl (C=O) groups excluding carboxylic acids is 2. The number of aromatic carboxylic acids is 1. The number of hydrogen-bond donors (Lipinski definition) is 1. The van der Waals surface area contributed by atoms with Crippen molar-refractivity contribution in [3.8, 4) is 5.75 Å². The third kappa shape index (κ3) is 4.48. The number of hydrogen-bond acceptors (Lipinski definition) is 6. The van der Waals surface area contributed by atoms with E-state index in [1.54, 1.807) is 48.5 Å². The van der Waals surface area contributed by atoms with Gasteiger partial charge in [0.2, 0.25) is 5.55 Å². The Kier molecular flexibility index (Phi) is 5.91. The molecule has 32 heavy (non-hydrogen) atoms. The van der Waals surface area contributed by atoms with Crippen molar-refractivity contribution in [2.45, 2.75) is 0 Å². The standard InChI is InChI=1S/C24H17ClN2O5/c1-31-20-4-2-3-15-13-19(22(28)26-17-11-7-16(25)8-12-17)23(32-21(15)20)27-18-9-5-14(6-10-18)24(29)30/h2-13H,1H3,(H,26,28)(H,29,30)/p-1. The normalized spacial score (nSPS) is 11.4. The Morgan fingerprint density at radius 2 is 1.75 bits per heavy atom. The van der Waals surface area contributed by atoms with Gasteiger partial charge in [0.1, 0.15) is 5.56 Å². The number of nitrogens with one attached hydrogen (secondary N) is 1. The maximum Gasteiger partial charge on any atom is 0.261 e. The van der Waals surface area contributed by atoms with Crippen LogP contribution < -0.4 is 20.7 Å². The van der Waals surface area contributed by atoms with E-state index in [-0.39, 0.29) is 16.7 Å². The Balaban J connectivity index is 1.85. The Labute approximate surface area is 187 Å². The summed E-state index contributed by atoms with van der Waals surface area (Å²) in [7, 11) is 1.51. The average molecular weight is 448 g/mol. The third-order valence-corrected chi connectivity index (χ3v) is 4.89. The van der Waals surface area contributed by atoms with Gasteiger partial charge in [-0.3, -0.25) is 4.79 Å². The van der Waals surface area contributed by atoms with E-state index >= 15 is 0 Å². The van der Waals surface area contributed by atoms with Crippen LogP contribution in [0.3, 0.4) is 0 Å². The zero-order valence-electron chi connectivity index (χ0n) is 16.8. The predicted octanol–water partition coefficient (Wildman–Crippen LogP) is 3.94. The number of halogens is 1. The number of para-hydroxylation sites is 1. The highest BCUT2D eigenvalue weighted by Gasteiger charge is 2.15. The number of carboxylic acids is 1. The van der Waals surface area contributed by atoms with Crippen molar-refractivity contribution in [3.05, 3.63) is 94.5 Å². The zero-order valence-corrected chi connectivity index (χ0v) is 17.6. The van der Waals surface area contributed by atoms with Crippen LogP contribution in [0.5, 0.6) is 5.75 Å². The van der Waals surface area contributed by atoms with Crippen molar-refractivity contribution in [2.24, 2.45) is 4.99 Å². The second-order valence-corrected chi connectivity index (χ2v) is 7.19. The molecule has 0 saturated carbocycles. The van der Waals surface area contributed by atoms with Crippen LogP contribution in [0.1, 0.15) is 20.7 Å². The maximum atomic E-state index is 13.1. The van der Waals surface area contributed by atoms with E-state index < -0.39 is 11.9 Å². The largest absolute Gasteiger partial charge is 0.545 e. The summed E-state index contributed by atoms with van der Waals surface area (Å²) in [4.78, 5) is 28.5. The van der Waals surface area contributed by atoms with Crippen molar-refractivity contribution in [3.63, 3.8) is 0 Å². The molecule has 0 fully saturated rings.